The third-order valence-corrected chi connectivity index (χ3v) is 5.93. The van der Waals surface area contributed by atoms with Crippen molar-refractivity contribution < 1.29 is 4.79 Å². The number of carbonyl (C=O) groups excluding carboxylic acids is 1. The SMILES string of the molecule is Cc1cccc2[nH]cc(S(C)(C)NC(=O)c3ccccc3)c12. The molecule has 0 spiro atoms. The van der Waals surface area contributed by atoms with Crippen LogP contribution in [0.25, 0.3) is 10.9 Å². The molecule has 0 aliphatic rings. The van der Waals surface area contributed by atoms with Crippen molar-refractivity contribution in [3.63, 3.8) is 0 Å². The van der Waals surface area contributed by atoms with E-state index in [0.717, 1.165) is 5.52 Å². The molecule has 0 aliphatic carbocycles. The first-order valence-electron chi connectivity index (χ1n) is 7.16. The van der Waals surface area contributed by atoms with Gasteiger partial charge in [0.2, 0.25) is 0 Å². The first kappa shape index (κ1) is 14.7. The van der Waals surface area contributed by atoms with Crippen LogP contribution < -0.4 is 4.72 Å². The molecule has 3 aromatic rings. The molecule has 0 saturated carbocycles. The van der Waals surface area contributed by atoms with Crippen molar-refractivity contribution in [3.8, 4) is 0 Å². The van der Waals surface area contributed by atoms with E-state index in [1.54, 1.807) is 0 Å². The molecular formula is C18H20N2OS. The Balaban J connectivity index is 1.97. The van der Waals surface area contributed by atoms with E-state index in [1.807, 2.05) is 42.6 Å². The molecule has 1 heterocycles. The van der Waals surface area contributed by atoms with Gasteiger partial charge < -0.3 is 9.71 Å². The molecule has 1 amide bonds. The number of fused-ring (bicyclic) bond motifs is 1. The minimum atomic E-state index is -1.44. The molecule has 0 atom stereocenters. The normalized spacial score (nSPS) is 12.3. The van der Waals surface area contributed by atoms with Crippen LogP contribution in [0.2, 0.25) is 0 Å². The highest BCUT2D eigenvalue weighted by atomic mass is 32.3. The lowest BCUT2D eigenvalue weighted by atomic mass is 10.1. The Bertz CT molecular complexity index is 821. The molecule has 0 bridgehead atoms. The molecule has 4 heteroatoms. The average molecular weight is 312 g/mol. The summed E-state index contributed by atoms with van der Waals surface area (Å²) in [5, 5.41) is 1.22. The number of benzene rings is 2. The van der Waals surface area contributed by atoms with Crippen molar-refractivity contribution in [1.29, 1.82) is 0 Å². The number of aromatic nitrogens is 1. The number of amides is 1. The molecule has 1 aromatic heterocycles. The molecule has 0 aliphatic heterocycles. The van der Waals surface area contributed by atoms with Crippen molar-refractivity contribution in [2.24, 2.45) is 0 Å². The third-order valence-electron chi connectivity index (χ3n) is 3.81. The van der Waals surface area contributed by atoms with E-state index in [9.17, 15) is 4.79 Å². The van der Waals surface area contributed by atoms with Crippen LogP contribution in [-0.2, 0) is 0 Å². The van der Waals surface area contributed by atoms with Crippen LogP contribution >= 0.6 is 10.2 Å². The van der Waals surface area contributed by atoms with E-state index in [-0.39, 0.29) is 5.91 Å². The van der Waals surface area contributed by atoms with Crippen molar-refractivity contribution >= 4 is 27.0 Å². The zero-order chi connectivity index (χ0) is 15.7. The largest absolute Gasteiger partial charge is 0.360 e. The highest BCUT2D eigenvalue weighted by molar-refractivity contribution is 8.31. The monoisotopic (exact) mass is 312 g/mol. The van der Waals surface area contributed by atoms with Crippen LogP contribution in [0.1, 0.15) is 15.9 Å². The number of carbonyl (C=O) groups is 1. The summed E-state index contributed by atoms with van der Waals surface area (Å²) < 4.78 is 3.22. The standard InChI is InChI=1S/C18H20N2OS/c1-13-8-7-11-15-17(13)16(12-19-15)22(2,3)20-18(21)14-9-5-4-6-10-14/h4-12,19H,1-3H3,(H,20,21). The number of hydrogen-bond donors (Lipinski definition) is 2. The van der Waals surface area contributed by atoms with E-state index < -0.39 is 10.2 Å². The van der Waals surface area contributed by atoms with Gasteiger partial charge in [0.15, 0.2) is 0 Å². The number of aromatic amines is 1. The molecule has 3 nitrogen and oxygen atoms in total. The van der Waals surface area contributed by atoms with Crippen molar-refractivity contribution in [3.05, 3.63) is 65.9 Å². The van der Waals surface area contributed by atoms with Crippen molar-refractivity contribution in [2.75, 3.05) is 12.5 Å². The summed E-state index contributed by atoms with van der Waals surface area (Å²) in [6.45, 7) is 2.11. The number of H-pyrrole nitrogens is 1. The Morgan fingerprint density at radius 3 is 2.50 bits per heavy atom. The summed E-state index contributed by atoms with van der Waals surface area (Å²) in [7, 11) is -1.44. The fourth-order valence-corrected chi connectivity index (χ4v) is 4.49. The summed E-state index contributed by atoms with van der Waals surface area (Å²) in [4.78, 5) is 17.0. The maximum absolute atomic E-state index is 12.5. The quantitative estimate of drug-likeness (QED) is 0.746. The van der Waals surface area contributed by atoms with E-state index in [2.05, 4.69) is 41.3 Å². The maximum atomic E-state index is 12.5. The Morgan fingerprint density at radius 2 is 1.77 bits per heavy atom. The van der Waals surface area contributed by atoms with E-state index >= 15 is 0 Å². The highest BCUT2D eigenvalue weighted by Gasteiger charge is 2.22. The van der Waals surface area contributed by atoms with Crippen LogP contribution in [-0.4, -0.2) is 23.4 Å². The first-order chi connectivity index (χ1) is 10.5. The topological polar surface area (TPSA) is 44.9 Å². The summed E-state index contributed by atoms with van der Waals surface area (Å²) in [6.07, 6.45) is 6.25. The Morgan fingerprint density at radius 1 is 1.05 bits per heavy atom. The van der Waals surface area contributed by atoms with Gasteiger partial charge in [-0.2, -0.15) is 0 Å². The van der Waals surface area contributed by atoms with Gasteiger partial charge in [-0.05, 0) is 43.2 Å². The summed E-state index contributed by atoms with van der Waals surface area (Å²) >= 11 is 0. The fraction of sp³-hybridized carbons (Fsp3) is 0.167. The molecular weight excluding hydrogens is 292 g/mol. The highest BCUT2D eigenvalue weighted by Crippen LogP contribution is 2.49. The predicted octanol–water partition coefficient (Wildman–Crippen LogP) is 4.24. The van der Waals surface area contributed by atoms with Crippen LogP contribution in [0, 0.1) is 6.92 Å². The Labute approximate surface area is 132 Å². The second-order valence-corrected chi connectivity index (χ2v) is 9.07. The van der Waals surface area contributed by atoms with Gasteiger partial charge in [0.05, 0.1) is 0 Å². The molecule has 0 unspecified atom stereocenters. The molecule has 2 N–H and O–H groups in total. The lowest BCUT2D eigenvalue weighted by Crippen LogP contribution is -2.26. The summed E-state index contributed by atoms with van der Waals surface area (Å²) in [5.41, 5.74) is 3.03. The van der Waals surface area contributed by atoms with Crippen LogP contribution in [0.5, 0.6) is 0 Å². The predicted molar refractivity (Wildman–Crippen MR) is 94.6 cm³/mol. The van der Waals surface area contributed by atoms with Gasteiger partial charge in [0, 0.05) is 27.6 Å². The number of aryl methyl sites for hydroxylation is 1. The lowest BCUT2D eigenvalue weighted by Gasteiger charge is -2.32. The Hall–Kier alpha value is -2.20. The summed E-state index contributed by atoms with van der Waals surface area (Å²) in [5.74, 6) is -0.0245. The van der Waals surface area contributed by atoms with Crippen molar-refractivity contribution in [2.45, 2.75) is 11.8 Å². The number of rotatable bonds is 3. The van der Waals surface area contributed by atoms with Gasteiger partial charge in [-0.1, -0.05) is 30.3 Å². The Kier molecular flexibility index (Phi) is 3.71. The first-order valence-corrected chi connectivity index (χ1v) is 9.61. The number of hydrogen-bond acceptors (Lipinski definition) is 1. The minimum Gasteiger partial charge on any atom is -0.360 e. The molecule has 3 rings (SSSR count). The average Bonchev–Trinajstić information content (AvgIpc) is 2.94. The number of nitrogens with one attached hydrogen (secondary N) is 2. The van der Waals surface area contributed by atoms with Gasteiger partial charge in [0.25, 0.3) is 5.91 Å². The molecule has 2 aromatic carbocycles. The minimum absolute atomic E-state index is 0.0245. The third kappa shape index (κ3) is 2.62. The van der Waals surface area contributed by atoms with E-state index in [0.29, 0.717) is 5.56 Å². The second-order valence-electron chi connectivity index (χ2n) is 5.77. The van der Waals surface area contributed by atoms with Crippen molar-refractivity contribution in [1.82, 2.24) is 9.71 Å². The van der Waals surface area contributed by atoms with E-state index in [1.165, 1.54) is 15.8 Å². The van der Waals surface area contributed by atoms with Gasteiger partial charge >= 0.3 is 0 Å². The smallest absolute Gasteiger partial charge is 0.260 e. The summed E-state index contributed by atoms with van der Waals surface area (Å²) in [6, 6.07) is 15.6. The molecule has 22 heavy (non-hydrogen) atoms. The van der Waals surface area contributed by atoms with Gasteiger partial charge in [-0.3, -0.25) is 4.79 Å². The van der Waals surface area contributed by atoms with Gasteiger partial charge in [-0.15, -0.1) is 10.2 Å². The fourth-order valence-electron chi connectivity index (χ4n) is 2.67. The second kappa shape index (κ2) is 5.54. The zero-order valence-electron chi connectivity index (χ0n) is 13.0. The maximum Gasteiger partial charge on any atom is 0.260 e. The van der Waals surface area contributed by atoms with E-state index in [4.69, 9.17) is 0 Å². The zero-order valence-corrected chi connectivity index (χ0v) is 13.8. The van der Waals surface area contributed by atoms with Gasteiger partial charge in [0.1, 0.15) is 0 Å². The molecule has 114 valence electrons. The van der Waals surface area contributed by atoms with Gasteiger partial charge in [-0.25, -0.2) is 0 Å². The van der Waals surface area contributed by atoms with Crippen LogP contribution in [0.15, 0.2) is 59.6 Å². The molecule has 0 fully saturated rings. The lowest BCUT2D eigenvalue weighted by molar-refractivity contribution is 0.0983. The molecule has 0 saturated heterocycles. The van der Waals surface area contributed by atoms with Crippen LogP contribution in [0.3, 0.4) is 0 Å². The van der Waals surface area contributed by atoms with Crippen LogP contribution in [0.4, 0.5) is 0 Å². The molecule has 0 radical (unpaired) electrons.